The predicted octanol–water partition coefficient (Wildman–Crippen LogP) is 1.96. The van der Waals surface area contributed by atoms with Crippen LogP contribution in [0.15, 0.2) is 29.3 Å². The fraction of sp³-hybridized carbons (Fsp3) is 0.273. The lowest BCUT2D eigenvalue weighted by Gasteiger charge is -2.02. The molecule has 15 heavy (non-hydrogen) atoms. The Morgan fingerprint density at radius 1 is 1.47 bits per heavy atom. The molecule has 80 valence electrons. The summed E-state index contributed by atoms with van der Waals surface area (Å²) in [5, 5.41) is 0. The van der Waals surface area contributed by atoms with Crippen LogP contribution in [0.5, 0.6) is 5.75 Å². The predicted molar refractivity (Wildman–Crippen MR) is 57.8 cm³/mol. The van der Waals surface area contributed by atoms with Crippen molar-refractivity contribution in [3.05, 3.63) is 24.3 Å². The zero-order valence-corrected chi connectivity index (χ0v) is 8.77. The monoisotopic (exact) mass is 207 g/mol. The van der Waals surface area contributed by atoms with Gasteiger partial charge in [-0.3, -0.25) is 0 Å². The van der Waals surface area contributed by atoms with Crippen LogP contribution in [0.4, 0.5) is 5.69 Å². The second kappa shape index (κ2) is 5.80. The summed E-state index contributed by atoms with van der Waals surface area (Å²) in [4.78, 5) is 15.0. The number of ether oxygens (including phenoxy) is 2. The van der Waals surface area contributed by atoms with Gasteiger partial charge in [-0.1, -0.05) is 12.1 Å². The third-order valence-electron chi connectivity index (χ3n) is 1.68. The second-order valence-electron chi connectivity index (χ2n) is 2.68. The Morgan fingerprint density at radius 3 is 2.87 bits per heavy atom. The molecule has 0 saturated heterocycles. The van der Waals surface area contributed by atoms with E-state index in [9.17, 15) is 4.79 Å². The number of nitrogens with zero attached hydrogens (tertiary/aromatic N) is 1. The van der Waals surface area contributed by atoms with Crippen LogP contribution in [-0.2, 0) is 9.53 Å². The quantitative estimate of drug-likeness (QED) is 0.560. The first-order valence-corrected chi connectivity index (χ1v) is 4.61. The number of rotatable bonds is 4. The number of para-hydroxylation sites is 2. The lowest BCUT2D eigenvalue weighted by Crippen LogP contribution is -2.04. The van der Waals surface area contributed by atoms with Crippen LogP contribution in [0.25, 0.3) is 0 Å². The Balaban J connectivity index is 2.75. The largest absolute Gasteiger partial charge is 0.494 e. The lowest BCUT2D eigenvalue weighted by atomic mass is 10.3. The Bertz CT molecular complexity index is 361. The molecule has 0 spiro atoms. The maximum Gasteiger partial charge on any atom is 0.349 e. The van der Waals surface area contributed by atoms with Crippen LogP contribution in [-0.4, -0.2) is 25.9 Å². The molecule has 4 nitrogen and oxygen atoms in total. The summed E-state index contributed by atoms with van der Waals surface area (Å²) in [6.45, 7) is 2.09. The Labute approximate surface area is 88.5 Å². The van der Waals surface area contributed by atoms with E-state index in [2.05, 4.69) is 4.99 Å². The molecule has 0 radical (unpaired) electrons. The highest BCUT2D eigenvalue weighted by atomic mass is 16.5. The third kappa shape index (κ3) is 3.42. The van der Waals surface area contributed by atoms with Gasteiger partial charge in [0.1, 0.15) is 17.7 Å². The van der Waals surface area contributed by atoms with Crippen LogP contribution < -0.4 is 4.74 Å². The summed E-state index contributed by atoms with van der Waals surface area (Å²) in [7, 11) is 1.55. The van der Waals surface area contributed by atoms with Crippen molar-refractivity contribution < 1.29 is 14.3 Å². The maximum absolute atomic E-state index is 11.0. The van der Waals surface area contributed by atoms with Crippen LogP contribution in [0, 0.1) is 0 Å². The number of methoxy groups -OCH3 is 1. The van der Waals surface area contributed by atoms with Gasteiger partial charge in [0, 0.05) is 0 Å². The van der Waals surface area contributed by atoms with E-state index in [1.54, 1.807) is 26.2 Å². The van der Waals surface area contributed by atoms with Crippen molar-refractivity contribution in [1.82, 2.24) is 0 Å². The molecule has 0 saturated carbocycles. The van der Waals surface area contributed by atoms with Crippen molar-refractivity contribution in [2.24, 2.45) is 4.99 Å². The maximum atomic E-state index is 11.0. The van der Waals surface area contributed by atoms with Gasteiger partial charge in [0.05, 0.1) is 13.7 Å². The summed E-state index contributed by atoms with van der Waals surface area (Å²) < 4.78 is 9.78. The fourth-order valence-corrected chi connectivity index (χ4v) is 1.04. The third-order valence-corrected chi connectivity index (χ3v) is 1.68. The van der Waals surface area contributed by atoms with Gasteiger partial charge in [-0.2, -0.15) is 0 Å². The highest BCUT2D eigenvalue weighted by molar-refractivity contribution is 6.23. The van der Waals surface area contributed by atoms with E-state index < -0.39 is 5.97 Å². The first kappa shape index (κ1) is 11.2. The molecule has 0 aliphatic carbocycles. The van der Waals surface area contributed by atoms with Crippen molar-refractivity contribution in [1.29, 1.82) is 0 Å². The zero-order valence-electron chi connectivity index (χ0n) is 8.77. The van der Waals surface area contributed by atoms with Crippen LogP contribution in [0.2, 0.25) is 0 Å². The van der Waals surface area contributed by atoms with Gasteiger partial charge in [-0.15, -0.1) is 0 Å². The standard InChI is InChI=1S/C11H13NO3/c1-3-15-11(13)8-12-9-6-4-5-7-10(9)14-2/h4-8H,3H2,1-2H3. The van der Waals surface area contributed by atoms with E-state index in [1.165, 1.54) is 0 Å². The van der Waals surface area contributed by atoms with Crippen LogP contribution >= 0.6 is 0 Å². The van der Waals surface area contributed by atoms with E-state index in [0.717, 1.165) is 6.21 Å². The first-order chi connectivity index (χ1) is 7.27. The zero-order chi connectivity index (χ0) is 11.1. The molecule has 0 fully saturated rings. The molecule has 1 aromatic carbocycles. The van der Waals surface area contributed by atoms with E-state index in [0.29, 0.717) is 18.0 Å². The molecule has 0 aliphatic rings. The Morgan fingerprint density at radius 2 is 2.20 bits per heavy atom. The molecule has 0 unspecified atom stereocenters. The molecule has 0 atom stereocenters. The van der Waals surface area contributed by atoms with Crippen LogP contribution in [0.3, 0.4) is 0 Å². The smallest absolute Gasteiger partial charge is 0.349 e. The Kier molecular flexibility index (Phi) is 4.34. The van der Waals surface area contributed by atoms with Gasteiger partial charge in [0.25, 0.3) is 0 Å². The van der Waals surface area contributed by atoms with Gasteiger partial charge in [-0.05, 0) is 19.1 Å². The van der Waals surface area contributed by atoms with E-state index in [4.69, 9.17) is 9.47 Å². The average molecular weight is 207 g/mol. The van der Waals surface area contributed by atoms with Gasteiger partial charge in [-0.25, -0.2) is 9.79 Å². The highest BCUT2D eigenvalue weighted by Gasteiger charge is 2.00. The summed E-state index contributed by atoms with van der Waals surface area (Å²) in [5.41, 5.74) is 0.605. The summed E-state index contributed by atoms with van der Waals surface area (Å²) in [6.07, 6.45) is 1.14. The number of benzene rings is 1. The van der Waals surface area contributed by atoms with Gasteiger partial charge >= 0.3 is 5.97 Å². The normalized spacial score (nSPS) is 10.3. The van der Waals surface area contributed by atoms with Gasteiger partial charge < -0.3 is 9.47 Å². The number of esters is 1. The van der Waals surface area contributed by atoms with Gasteiger partial charge in [0.2, 0.25) is 0 Å². The molecule has 0 amide bonds. The van der Waals surface area contributed by atoms with Crippen LogP contribution in [0.1, 0.15) is 6.92 Å². The molecule has 0 aliphatic heterocycles. The minimum absolute atomic E-state index is 0.344. The molecule has 4 heteroatoms. The molecule has 0 N–H and O–H groups in total. The minimum Gasteiger partial charge on any atom is -0.494 e. The average Bonchev–Trinajstić information content (AvgIpc) is 2.27. The summed E-state index contributed by atoms with van der Waals surface area (Å²) >= 11 is 0. The van der Waals surface area contributed by atoms with Gasteiger partial charge in [0.15, 0.2) is 0 Å². The second-order valence-corrected chi connectivity index (χ2v) is 2.68. The van der Waals surface area contributed by atoms with E-state index in [-0.39, 0.29) is 0 Å². The summed E-state index contributed by atoms with van der Waals surface area (Å²) in [5.74, 6) is 0.168. The Hall–Kier alpha value is -1.84. The molecule has 0 aromatic heterocycles. The van der Waals surface area contributed by atoms with E-state index >= 15 is 0 Å². The molecule has 0 heterocycles. The highest BCUT2D eigenvalue weighted by Crippen LogP contribution is 2.25. The SMILES string of the molecule is CCOC(=O)C=Nc1ccccc1OC. The topological polar surface area (TPSA) is 47.9 Å². The van der Waals surface area contributed by atoms with Crippen molar-refractivity contribution in [2.45, 2.75) is 6.92 Å². The number of carbonyl (C=O) groups is 1. The summed E-state index contributed by atoms with van der Waals surface area (Å²) in [6, 6.07) is 7.19. The first-order valence-electron chi connectivity index (χ1n) is 4.61. The fourth-order valence-electron chi connectivity index (χ4n) is 1.04. The van der Waals surface area contributed by atoms with Crippen molar-refractivity contribution in [2.75, 3.05) is 13.7 Å². The number of hydrogen-bond acceptors (Lipinski definition) is 4. The molecule has 1 aromatic rings. The van der Waals surface area contributed by atoms with Crippen molar-refractivity contribution in [3.63, 3.8) is 0 Å². The molecule has 0 bridgehead atoms. The lowest BCUT2D eigenvalue weighted by molar-refractivity contribution is -0.134. The molecular weight excluding hydrogens is 194 g/mol. The number of aliphatic imine (C=N–C) groups is 1. The number of hydrogen-bond donors (Lipinski definition) is 0. The minimum atomic E-state index is -0.455. The van der Waals surface area contributed by atoms with E-state index in [1.807, 2.05) is 12.1 Å². The van der Waals surface area contributed by atoms with Crippen molar-refractivity contribution in [3.8, 4) is 5.75 Å². The van der Waals surface area contributed by atoms with Crippen molar-refractivity contribution >= 4 is 17.9 Å². The molecule has 1 rings (SSSR count). The molecular formula is C11H13NO3. The number of carbonyl (C=O) groups excluding carboxylic acids is 1.